The Balaban J connectivity index is 1.68. The number of urea groups is 1. The Labute approximate surface area is 139 Å². The largest absolute Gasteiger partial charge is 0.329 e. The van der Waals surface area contributed by atoms with E-state index < -0.39 is 5.54 Å². The summed E-state index contributed by atoms with van der Waals surface area (Å²) in [4.78, 5) is 31.0. The van der Waals surface area contributed by atoms with Gasteiger partial charge in [0, 0.05) is 5.56 Å². The predicted octanol–water partition coefficient (Wildman–Crippen LogP) is 2.54. The van der Waals surface area contributed by atoms with E-state index in [9.17, 15) is 9.59 Å². The lowest BCUT2D eigenvalue weighted by atomic mass is 9.81. The Morgan fingerprint density at radius 2 is 1.96 bits per heavy atom. The minimum Gasteiger partial charge on any atom is -0.323 e. The molecule has 1 aromatic heterocycles. The first-order valence-electron chi connectivity index (χ1n) is 8.25. The number of hydrogen-bond donors (Lipinski definition) is 2. The maximum atomic E-state index is 13.0. The molecule has 2 N–H and O–H groups in total. The van der Waals surface area contributed by atoms with E-state index in [2.05, 4.69) is 20.5 Å². The lowest BCUT2D eigenvalue weighted by Crippen LogP contribution is -2.48. The van der Waals surface area contributed by atoms with Crippen molar-refractivity contribution < 1.29 is 9.59 Å². The number of rotatable bonds is 2. The van der Waals surface area contributed by atoms with Crippen molar-refractivity contribution in [2.45, 2.75) is 44.6 Å². The molecular weight excluding hydrogens is 306 g/mol. The monoisotopic (exact) mass is 325 g/mol. The predicted molar refractivity (Wildman–Crippen MR) is 88.4 cm³/mol. The van der Waals surface area contributed by atoms with E-state index >= 15 is 0 Å². The van der Waals surface area contributed by atoms with Crippen molar-refractivity contribution in [3.63, 3.8) is 0 Å². The molecule has 1 saturated heterocycles. The number of aryl methyl sites for hydroxylation is 1. The second-order valence-electron chi connectivity index (χ2n) is 6.51. The third-order valence-electron chi connectivity index (χ3n) is 4.83. The molecule has 2 heterocycles. The first-order chi connectivity index (χ1) is 11.6. The van der Waals surface area contributed by atoms with Crippen molar-refractivity contribution in [1.82, 2.24) is 20.5 Å². The number of carbonyl (C=O) groups is 2. The van der Waals surface area contributed by atoms with Crippen molar-refractivity contribution in [3.8, 4) is 11.4 Å². The first kappa shape index (κ1) is 14.9. The molecular formula is C17H19N5O2. The van der Waals surface area contributed by atoms with Crippen molar-refractivity contribution in [2.75, 3.05) is 4.90 Å². The lowest BCUT2D eigenvalue weighted by molar-refractivity contribution is -0.123. The molecule has 7 nitrogen and oxygen atoms in total. The van der Waals surface area contributed by atoms with Gasteiger partial charge < -0.3 is 5.32 Å². The van der Waals surface area contributed by atoms with Gasteiger partial charge in [-0.1, -0.05) is 31.4 Å². The fraction of sp³-hybridized carbons (Fsp3) is 0.412. The number of hydrogen-bond acceptors (Lipinski definition) is 4. The van der Waals surface area contributed by atoms with E-state index in [0.29, 0.717) is 30.2 Å². The molecule has 0 atom stereocenters. The number of nitrogens with one attached hydrogen (secondary N) is 2. The average Bonchev–Trinajstić information content (AvgIpc) is 3.11. The highest BCUT2D eigenvalue weighted by Crippen LogP contribution is 2.36. The van der Waals surface area contributed by atoms with Crippen LogP contribution < -0.4 is 10.2 Å². The molecule has 1 spiro atoms. The number of carbonyl (C=O) groups excluding carboxylic acids is 2. The Bertz CT molecular complexity index is 807. The van der Waals surface area contributed by atoms with Gasteiger partial charge in [0.15, 0.2) is 5.82 Å². The topological polar surface area (TPSA) is 91.0 Å². The summed E-state index contributed by atoms with van der Waals surface area (Å²) in [6.07, 6.45) is 4.49. The standard InChI is InChI=1S/C17H19N5O2/c1-11-18-14(21-20-11)12-6-5-7-13(10-12)22-15(23)17(19-16(22)24)8-3-2-4-9-17/h5-7,10H,2-4,8-9H2,1H3,(H,19,24)(H,18,20,21). The fourth-order valence-electron chi connectivity index (χ4n) is 3.60. The average molecular weight is 325 g/mol. The van der Waals surface area contributed by atoms with E-state index in [1.54, 1.807) is 12.1 Å². The number of aromatic nitrogens is 3. The van der Waals surface area contributed by atoms with Gasteiger partial charge in [0.05, 0.1) is 5.69 Å². The van der Waals surface area contributed by atoms with Gasteiger partial charge in [-0.15, -0.1) is 0 Å². The van der Waals surface area contributed by atoms with Crippen LogP contribution >= 0.6 is 0 Å². The molecule has 1 aliphatic heterocycles. The summed E-state index contributed by atoms with van der Waals surface area (Å²) in [5, 5.41) is 9.87. The molecule has 24 heavy (non-hydrogen) atoms. The molecule has 124 valence electrons. The van der Waals surface area contributed by atoms with Crippen LogP contribution in [0.4, 0.5) is 10.5 Å². The summed E-state index contributed by atoms with van der Waals surface area (Å²) in [5.41, 5.74) is 0.605. The minimum atomic E-state index is -0.716. The second kappa shape index (κ2) is 5.43. The van der Waals surface area contributed by atoms with Crippen LogP contribution in [0.3, 0.4) is 0 Å². The van der Waals surface area contributed by atoms with Gasteiger partial charge in [-0.3, -0.25) is 9.89 Å². The highest BCUT2D eigenvalue weighted by atomic mass is 16.2. The SMILES string of the molecule is Cc1nc(-c2cccc(N3C(=O)NC4(CCCCC4)C3=O)c2)n[nH]1. The van der Waals surface area contributed by atoms with Gasteiger partial charge in [0.1, 0.15) is 11.4 Å². The Hall–Kier alpha value is -2.70. The quantitative estimate of drug-likeness (QED) is 0.830. The molecule has 0 bridgehead atoms. The van der Waals surface area contributed by atoms with Crippen molar-refractivity contribution in [3.05, 3.63) is 30.1 Å². The fourth-order valence-corrected chi connectivity index (χ4v) is 3.60. The van der Waals surface area contributed by atoms with Crippen LogP contribution in [0.15, 0.2) is 24.3 Å². The Kier molecular flexibility index (Phi) is 3.37. The molecule has 2 aliphatic rings. The number of aromatic amines is 1. The third-order valence-corrected chi connectivity index (χ3v) is 4.83. The van der Waals surface area contributed by atoms with E-state index in [-0.39, 0.29) is 11.9 Å². The van der Waals surface area contributed by atoms with E-state index in [1.807, 2.05) is 19.1 Å². The molecule has 3 amide bonds. The molecule has 0 unspecified atom stereocenters. The van der Waals surface area contributed by atoms with Gasteiger partial charge >= 0.3 is 6.03 Å². The molecule has 2 fully saturated rings. The Morgan fingerprint density at radius 1 is 1.17 bits per heavy atom. The van der Waals surface area contributed by atoms with Crippen LogP contribution in [0.2, 0.25) is 0 Å². The van der Waals surface area contributed by atoms with Crippen LogP contribution in [0.5, 0.6) is 0 Å². The zero-order chi connectivity index (χ0) is 16.7. The van der Waals surface area contributed by atoms with Crippen LogP contribution in [0, 0.1) is 6.92 Å². The summed E-state index contributed by atoms with van der Waals surface area (Å²) in [6.45, 7) is 1.82. The van der Waals surface area contributed by atoms with Gasteiger partial charge in [0.2, 0.25) is 0 Å². The summed E-state index contributed by atoms with van der Waals surface area (Å²) in [7, 11) is 0. The van der Waals surface area contributed by atoms with Gasteiger partial charge in [-0.25, -0.2) is 14.7 Å². The summed E-state index contributed by atoms with van der Waals surface area (Å²) in [6, 6.07) is 6.87. The molecule has 4 rings (SSSR count). The highest BCUT2D eigenvalue weighted by Gasteiger charge is 2.51. The molecule has 1 saturated carbocycles. The Morgan fingerprint density at radius 3 is 2.67 bits per heavy atom. The summed E-state index contributed by atoms with van der Waals surface area (Å²) >= 11 is 0. The number of anilines is 1. The smallest absolute Gasteiger partial charge is 0.323 e. The number of imide groups is 1. The summed E-state index contributed by atoms with van der Waals surface area (Å²) in [5.74, 6) is 1.12. The number of H-pyrrole nitrogens is 1. The number of nitrogens with zero attached hydrogens (tertiary/aromatic N) is 3. The van der Waals surface area contributed by atoms with E-state index in [0.717, 1.165) is 24.8 Å². The normalized spacial score (nSPS) is 19.8. The van der Waals surface area contributed by atoms with Gasteiger partial charge in [-0.2, -0.15) is 5.10 Å². The zero-order valence-electron chi connectivity index (χ0n) is 13.5. The molecule has 2 aromatic rings. The van der Waals surface area contributed by atoms with Crippen molar-refractivity contribution in [1.29, 1.82) is 0 Å². The lowest BCUT2D eigenvalue weighted by Gasteiger charge is -2.30. The number of benzene rings is 1. The second-order valence-corrected chi connectivity index (χ2v) is 6.51. The van der Waals surface area contributed by atoms with E-state index in [1.165, 1.54) is 4.90 Å². The highest BCUT2D eigenvalue weighted by molar-refractivity contribution is 6.23. The maximum absolute atomic E-state index is 13.0. The van der Waals surface area contributed by atoms with Crippen LogP contribution in [-0.2, 0) is 4.79 Å². The minimum absolute atomic E-state index is 0.143. The molecule has 1 aromatic carbocycles. The van der Waals surface area contributed by atoms with Gasteiger partial charge in [0.25, 0.3) is 5.91 Å². The van der Waals surface area contributed by atoms with Crippen molar-refractivity contribution >= 4 is 17.6 Å². The molecule has 0 radical (unpaired) electrons. The zero-order valence-corrected chi connectivity index (χ0v) is 13.5. The van der Waals surface area contributed by atoms with Crippen LogP contribution in [0.25, 0.3) is 11.4 Å². The van der Waals surface area contributed by atoms with Gasteiger partial charge in [-0.05, 0) is 31.9 Å². The van der Waals surface area contributed by atoms with Crippen LogP contribution in [-0.4, -0.2) is 32.7 Å². The first-order valence-corrected chi connectivity index (χ1v) is 8.25. The number of amides is 3. The van der Waals surface area contributed by atoms with Crippen molar-refractivity contribution in [2.24, 2.45) is 0 Å². The third kappa shape index (κ3) is 2.28. The van der Waals surface area contributed by atoms with E-state index in [4.69, 9.17) is 0 Å². The maximum Gasteiger partial charge on any atom is 0.329 e. The molecule has 7 heteroatoms. The van der Waals surface area contributed by atoms with Crippen LogP contribution in [0.1, 0.15) is 37.9 Å². The summed E-state index contributed by atoms with van der Waals surface area (Å²) < 4.78 is 0. The molecule has 1 aliphatic carbocycles.